The van der Waals surface area contributed by atoms with Gasteiger partial charge in [0.15, 0.2) is 0 Å². The number of amides is 2. The van der Waals surface area contributed by atoms with Crippen LogP contribution in [0.4, 0.5) is 11.4 Å². The summed E-state index contributed by atoms with van der Waals surface area (Å²) in [6.07, 6.45) is 6.65. The zero-order chi connectivity index (χ0) is 24.6. The average molecular weight is 464 g/mol. The molecule has 0 unspecified atom stereocenters. The van der Waals surface area contributed by atoms with E-state index in [2.05, 4.69) is 50.0 Å². The molecule has 184 valence electrons. The van der Waals surface area contributed by atoms with Crippen molar-refractivity contribution in [2.24, 2.45) is 5.41 Å². The highest BCUT2D eigenvalue weighted by molar-refractivity contribution is 6.04. The summed E-state index contributed by atoms with van der Waals surface area (Å²) in [4.78, 5) is 29.4. The zero-order valence-corrected chi connectivity index (χ0v) is 21.4. The summed E-state index contributed by atoms with van der Waals surface area (Å²) in [6.45, 7) is 11.7. The number of nitrogens with zero attached hydrogens (tertiary/aromatic N) is 2. The zero-order valence-electron chi connectivity index (χ0n) is 21.4. The van der Waals surface area contributed by atoms with Gasteiger partial charge in [-0.3, -0.25) is 9.59 Å². The quantitative estimate of drug-likeness (QED) is 0.454. The topological polar surface area (TPSA) is 52.7 Å². The molecule has 0 bridgehead atoms. The van der Waals surface area contributed by atoms with Crippen molar-refractivity contribution < 1.29 is 9.59 Å². The van der Waals surface area contributed by atoms with E-state index in [0.29, 0.717) is 12.0 Å². The number of hydrogen-bond acceptors (Lipinski definition) is 3. The van der Waals surface area contributed by atoms with Crippen molar-refractivity contribution in [2.45, 2.75) is 66.2 Å². The van der Waals surface area contributed by atoms with Crippen LogP contribution in [0.15, 0.2) is 48.5 Å². The molecule has 0 radical (unpaired) electrons. The van der Waals surface area contributed by atoms with Crippen LogP contribution in [0.1, 0.15) is 75.7 Å². The van der Waals surface area contributed by atoms with Gasteiger partial charge in [0.1, 0.15) is 0 Å². The Bertz CT molecular complexity index is 921. The number of carbonyl (C=O) groups excluding carboxylic acids is 2. The average Bonchev–Trinajstić information content (AvgIpc) is 2.82. The second-order valence-electron chi connectivity index (χ2n) is 10.6. The molecule has 5 heteroatoms. The SMILES string of the molecule is CCCCCCc1ccc(C(=O)Nc2ccc(N3CCN(C(=O)CC(C)(C)C)CC3)cc2)cc1. The highest BCUT2D eigenvalue weighted by Gasteiger charge is 2.25. The molecular formula is C29H41N3O2. The fourth-order valence-electron chi connectivity index (χ4n) is 4.32. The minimum Gasteiger partial charge on any atom is -0.368 e. The summed E-state index contributed by atoms with van der Waals surface area (Å²) in [5, 5.41) is 3.00. The van der Waals surface area contributed by atoms with Crippen LogP contribution in [0.25, 0.3) is 0 Å². The molecule has 0 aromatic heterocycles. The maximum Gasteiger partial charge on any atom is 0.255 e. The predicted molar refractivity (Wildman–Crippen MR) is 142 cm³/mol. The van der Waals surface area contributed by atoms with Crippen molar-refractivity contribution in [2.75, 3.05) is 36.4 Å². The fourth-order valence-corrected chi connectivity index (χ4v) is 4.32. The molecular weight excluding hydrogens is 422 g/mol. The van der Waals surface area contributed by atoms with Crippen LogP contribution in [-0.2, 0) is 11.2 Å². The molecule has 0 aliphatic carbocycles. The Morgan fingerprint density at radius 2 is 1.50 bits per heavy atom. The molecule has 0 spiro atoms. The van der Waals surface area contributed by atoms with E-state index in [9.17, 15) is 9.59 Å². The lowest BCUT2D eigenvalue weighted by atomic mass is 9.91. The van der Waals surface area contributed by atoms with Gasteiger partial charge in [-0.05, 0) is 60.2 Å². The Balaban J connectivity index is 1.47. The van der Waals surface area contributed by atoms with Gasteiger partial charge in [-0.2, -0.15) is 0 Å². The third kappa shape index (κ3) is 7.89. The standard InChI is InChI=1S/C29H41N3O2/c1-5-6-7-8-9-23-10-12-24(13-11-23)28(34)30-25-14-16-26(17-15-25)31-18-20-32(21-19-31)27(33)22-29(2,3)4/h10-17H,5-9,18-22H2,1-4H3,(H,30,34). The molecule has 1 saturated heterocycles. The Hall–Kier alpha value is -2.82. The number of carbonyl (C=O) groups is 2. The molecule has 2 aromatic carbocycles. The van der Waals surface area contributed by atoms with Crippen LogP contribution in [-0.4, -0.2) is 42.9 Å². The lowest BCUT2D eigenvalue weighted by Crippen LogP contribution is -2.49. The number of piperazine rings is 1. The predicted octanol–water partition coefficient (Wildman–Crippen LogP) is 6.15. The number of hydrogen-bond donors (Lipinski definition) is 1. The summed E-state index contributed by atoms with van der Waals surface area (Å²) >= 11 is 0. The van der Waals surface area contributed by atoms with E-state index in [4.69, 9.17) is 0 Å². The van der Waals surface area contributed by atoms with Crippen LogP contribution in [0.2, 0.25) is 0 Å². The van der Waals surface area contributed by atoms with Gasteiger partial charge < -0.3 is 15.1 Å². The van der Waals surface area contributed by atoms with Crippen molar-refractivity contribution in [1.29, 1.82) is 0 Å². The normalized spacial score (nSPS) is 14.2. The smallest absolute Gasteiger partial charge is 0.255 e. The van der Waals surface area contributed by atoms with Gasteiger partial charge in [-0.15, -0.1) is 0 Å². The van der Waals surface area contributed by atoms with Gasteiger partial charge in [0.25, 0.3) is 5.91 Å². The van der Waals surface area contributed by atoms with Gasteiger partial charge in [-0.25, -0.2) is 0 Å². The van der Waals surface area contributed by atoms with Crippen LogP contribution >= 0.6 is 0 Å². The molecule has 1 heterocycles. The lowest BCUT2D eigenvalue weighted by molar-refractivity contribution is -0.133. The van der Waals surface area contributed by atoms with Crippen LogP contribution in [0.3, 0.4) is 0 Å². The van der Waals surface area contributed by atoms with Crippen LogP contribution < -0.4 is 10.2 Å². The minimum absolute atomic E-state index is 0.0186. The van der Waals surface area contributed by atoms with E-state index in [-0.39, 0.29) is 17.2 Å². The molecule has 5 nitrogen and oxygen atoms in total. The van der Waals surface area contributed by atoms with Crippen molar-refractivity contribution in [3.05, 3.63) is 59.7 Å². The molecule has 1 aliphatic heterocycles. The van der Waals surface area contributed by atoms with Gasteiger partial charge in [0.05, 0.1) is 0 Å². The van der Waals surface area contributed by atoms with Gasteiger partial charge in [0, 0.05) is 49.5 Å². The highest BCUT2D eigenvalue weighted by atomic mass is 16.2. The van der Waals surface area contributed by atoms with Gasteiger partial charge in [-0.1, -0.05) is 59.1 Å². The van der Waals surface area contributed by atoms with Gasteiger partial charge in [0.2, 0.25) is 5.91 Å². The van der Waals surface area contributed by atoms with E-state index < -0.39 is 0 Å². The van der Waals surface area contributed by atoms with E-state index in [1.54, 1.807) is 0 Å². The van der Waals surface area contributed by atoms with Crippen molar-refractivity contribution >= 4 is 23.2 Å². The second kappa shape index (κ2) is 12.0. The first-order chi connectivity index (χ1) is 16.2. The maximum absolute atomic E-state index is 12.7. The third-order valence-electron chi connectivity index (χ3n) is 6.34. The summed E-state index contributed by atoms with van der Waals surface area (Å²) in [5.74, 6) is 0.158. The number of anilines is 2. The number of nitrogens with one attached hydrogen (secondary N) is 1. The molecule has 0 atom stereocenters. The van der Waals surface area contributed by atoms with E-state index in [0.717, 1.165) is 44.0 Å². The molecule has 34 heavy (non-hydrogen) atoms. The van der Waals surface area contributed by atoms with Gasteiger partial charge >= 0.3 is 0 Å². The molecule has 2 amide bonds. The van der Waals surface area contributed by atoms with Crippen molar-refractivity contribution in [3.63, 3.8) is 0 Å². The summed E-state index contributed by atoms with van der Waals surface area (Å²) in [7, 11) is 0. The number of aryl methyl sites for hydroxylation is 1. The number of rotatable bonds is 9. The highest BCUT2D eigenvalue weighted by Crippen LogP contribution is 2.23. The Morgan fingerprint density at radius 1 is 0.853 bits per heavy atom. The third-order valence-corrected chi connectivity index (χ3v) is 6.34. The van der Waals surface area contributed by atoms with Crippen LogP contribution in [0, 0.1) is 5.41 Å². The maximum atomic E-state index is 12.7. The molecule has 1 fully saturated rings. The molecule has 3 rings (SSSR count). The largest absolute Gasteiger partial charge is 0.368 e. The van der Waals surface area contributed by atoms with E-state index >= 15 is 0 Å². The molecule has 2 aromatic rings. The molecule has 1 aliphatic rings. The second-order valence-corrected chi connectivity index (χ2v) is 10.6. The summed E-state index contributed by atoms with van der Waals surface area (Å²) < 4.78 is 0. The first kappa shape index (κ1) is 25.8. The lowest BCUT2D eigenvalue weighted by Gasteiger charge is -2.37. The van der Waals surface area contributed by atoms with Crippen LogP contribution in [0.5, 0.6) is 0 Å². The fraction of sp³-hybridized carbons (Fsp3) is 0.517. The minimum atomic E-state index is -0.0868. The number of benzene rings is 2. The molecule has 0 saturated carbocycles. The Labute approximate surface area is 205 Å². The molecule has 1 N–H and O–H groups in total. The first-order valence-corrected chi connectivity index (χ1v) is 12.8. The monoisotopic (exact) mass is 463 g/mol. The summed E-state index contributed by atoms with van der Waals surface area (Å²) in [5.41, 5.74) is 3.89. The van der Waals surface area contributed by atoms with E-state index in [1.807, 2.05) is 41.3 Å². The van der Waals surface area contributed by atoms with Crippen molar-refractivity contribution in [1.82, 2.24) is 4.90 Å². The number of unbranched alkanes of at least 4 members (excludes halogenated alkanes) is 3. The van der Waals surface area contributed by atoms with Crippen molar-refractivity contribution in [3.8, 4) is 0 Å². The Morgan fingerprint density at radius 3 is 2.09 bits per heavy atom. The van der Waals surface area contributed by atoms with E-state index in [1.165, 1.54) is 31.2 Å². The first-order valence-electron chi connectivity index (χ1n) is 12.8. The summed E-state index contributed by atoms with van der Waals surface area (Å²) in [6, 6.07) is 16.0. The Kier molecular flexibility index (Phi) is 9.14.